The van der Waals surface area contributed by atoms with Gasteiger partial charge in [-0.3, -0.25) is 9.59 Å². The average Bonchev–Trinajstić information content (AvgIpc) is 2.92. The van der Waals surface area contributed by atoms with Crippen molar-refractivity contribution in [2.75, 3.05) is 7.11 Å². The van der Waals surface area contributed by atoms with Crippen LogP contribution in [-0.2, 0) is 20.7 Å². The van der Waals surface area contributed by atoms with Crippen molar-refractivity contribution in [3.05, 3.63) is 46.2 Å². The van der Waals surface area contributed by atoms with Crippen LogP contribution in [0.1, 0.15) is 24.0 Å². The van der Waals surface area contributed by atoms with Gasteiger partial charge in [-0.1, -0.05) is 24.3 Å². The number of hydrogen-bond acceptors (Lipinski definition) is 4. The van der Waals surface area contributed by atoms with Gasteiger partial charge in [0.15, 0.2) is 0 Å². The first kappa shape index (κ1) is 15.3. The standard InChI is InChI=1S/C16H16O4S/c1-10(16(19)20-2)12-5-3-4-6-13(12)14-9-21-8-11(14)7-15(17)18/h3-6,8-10H,7H2,1-2H3,(H,17,18). The smallest absolute Gasteiger partial charge is 0.312 e. The number of carbonyl (C=O) groups is 2. The maximum absolute atomic E-state index is 11.8. The summed E-state index contributed by atoms with van der Waals surface area (Å²) < 4.78 is 4.80. The Morgan fingerprint density at radius 1 is 1.24 bits per heavy atom. The van der Waals surface area contributed by atoms with Crippen LogP contribution in [0.2, 0.25) is 0 Å². The number of benzene rings is 1. The Balaban J connectivity index is 2.48. The molecule has 0 saturated heterocycles. The van der Waals surface area contributed by atoms with E-state index in [0.717, 1.165) is 22.3 Å². The Morgan fingerprint density at radius 2 is 1.95 bits per heavy atom. The molecular formula is C16H16O4S. The second-order valence-corrected chi connectivity index (χ2v) is 5.46. The molecule has 0 fully saturated rings. The second-order valence-electron chi connectivity index (χ2n) is 4.71. The number of methoxy groups -OCH3 is 1. The summed E-state index contributed by atoms with van der Waals surface area (Å²) >= 11 is 1.46. The minimum Gasteiger partial charge on any atom is -0.481 e. The fourth-order valence-electron chi connectivity index (χ4n) is 2.28. The third-order valence-electron chi connectivity index (χ3n) is 3.36. The SMILES string of the molecule is COC(=O)C(C)c1ccccc1-c1cscc1CC(=O)O. The maximum Gasteiger partial charge on any atom is 0.312 e. The molecule has 1 N–H and O–H groups in total. The van der Waals surface area contributed by atoms with Crippen LogP contribution in [0.15, 0.2) is 35.0 Å². The lowest BCUT2D eigenvalue weighted by Crippen LogP contribution is -2.12. The Kier molecular flexibility index (Phi) is 4.75. The zero-order valence-corrected chi connectivity index (χ0v) is 12.6. The van der Waals surface area contributed by atoms with Crippen LogP contribution < -0.4 is 0 Å². The molecule has 0 saturated carbocycles. The van der Waals surface area contributed by atoms with E-state index < -0.39 is 11.9 Å². The fraction of sp³-hybridized carbons (Fsp3) is 0.250. The molecule has 1 atom stereocenters. The van der Waals surface area contributed by atoms with Crippen LogP contribution in [0.4, 0.5) is 0 Å². The van der Waals surface area contributed by atoms with Crippen LogP contribution in [0.5, 0.6) is 0 Å². The molecule has 5 heteroatoms. The first-order valence-corrected chi connectivity index (χ1v) is 7.42. The second kappa shape index (κ2) is 6.54. The number of thiophene rings is 1. The van der Waals surface area contributed by atoms with Crippen molar-refractivity contribution in [2.45, 2.75) is 19.3 Å². The van der Waals surface area contributed by atoms with Gasteiger partial charge in [-0.2, -0.15) is 11.3 Å². The van der Waals surface area contributed by atoms with Gasteiger partial charge in [0, 0.05) is 0 Å². The topological polar surface area (TPSA) is 63.6 Å². The van der Waals surface area contributed by atoms with Crippen molar-refractivity contribution in [1.82, 2.24) is 0 Å². The number of hydrogen-bond donors (Lipinski definition) is 1. The van der Waals surface area contributed by atoms with E-state index in [0.29, 0.717) is 0 Å². The van der Waals surface area contributed by atoms with E-state index >= 15 is 0 Å². The van der Waals surface area contributed by atoms with E-state index in [4.69, 9.17) is 9.84 Å². The molecule has 1 unspecified atom stereocenters. The Bertz CT molecular complexity index is 660. The zero-order valence-electron chi connectivity index (χ0n) is 11.8. The van der Waals surface area contributed by atoms with Gasteiger partial charge < -0.3 is 9.84 Å². The van der Waals surface area contributed by atoms with Crippen molar-refractivity contribution in [1.29, 1.82) is 0 Å². The van der Waals surface area contributed by atoms with Gasteiger partial charge >= 0.3 is 11.9 Å². The quantitative estimate of drug-likeness (QED) is 0.861. The molecule has 2 rings (SSSR count). The largest absolute Gasteiger partial charge is 0.481 e. The van der Waals surface area contributed by atoms with Gasteiger partial charge in [0.05, 0.1) is 19.4 Å². The summed E-state index contributed by atoms with van der Waals surface area (Å²) in [6, 6.07) is 7.52. The molecule has 0 radical (unpaired) electrons. The first-order chi connectivity index (χ1) is 10.0. The first-order valence-electron chi connectivity index (χ1n) is 6.48. The van der Waals surface area contributed by atoms with Gasteiger partial charge in [-0.15, -0.1) is 0 Å². The number of ether oxygens (including phenoxy) is 1. The number of carbonyl (C=O) groups excluding carboxylic acids is 1. The van der Waals surface area contributed by atoms with E-state index in [1.165, 1.54) is 18.4 Å². The van der Waals surface area contributed by atoms with Crippen LogP contribution >= 0.6 is 11.3 Å². The van der Waals surface area contributed by atoms with Crippen LogP contribution in [0.25, 0.3) is 11.1 Å². The van der Waals surface area contributed by atoms with E-state index in [1.807, 2.05) is 35.0 Å². The van der Waals surface area contributed by atoms with Crippen LogP contribution in [0.3, 0.4) is 0 Å². The van der Waals surface area contributed by atoms with E-state index in [2.05, 4.69) is 0 Å². The number of esters is 1. The van der Waals surface area contributed by atoms with Crippen molar-refractivity contribution in [3.63, 3.8) is 0 Å². The third-order valence-corrected chi connectivity index (χ3v) is 4.15. The van der Waals surface area contributed by atoms with Gasteiger partial charge in [0.1, 0.15) is 0 Å². The Labute approximate surface area is 127 Å². The lowest BCUT2D eigenvalue weighted by molar-refractivity contribution is -0.142. The molecule has 4 nitrogen and oxygen atoms in total. The van der Waals surface area contributed by atoms with Crippen LogP contribution in [-0.4, -0.2) is 24.2 Å². The highest BCUT2D eigenvalue weighted by atomic mass is 32.1. The third kappa shape index (κ3) is 3.31. The molecule has 2 aromatic rings. The molecule has 1 heterocycles. The number of carboxylic acid groups (broad SMARTS) is 1. The molecule has 21 heavy (non-hydrogen) atoms. The van der Waals surface area contributed by atoms with Crippen molar-refractivity contribution >= 4 is 23.3 Å². The van der Waals surface area contributed by atoms with Gasteiger partial charge in [0.25, 0.3) is 0 Å². The normalized spacial score (nSPS) is 11.9. The highest BCUT2D eigenvalue weighted by Crippen LogP contribution is 2.34. The van der Waals surface area contributed by atoms with Gasteiger partial charge in [-0.25, -0.2) is 0 Å². The summed E-state index contributed by atoms with van der Waals surface area (Å²) in [6.45, 7) is 1.79. The lowest BCUT2D eigenvalue weighted by Gasteiger charge is -2.15. The lowest BCUT2D eigenvalue weighted by atomic mass is 9.91. The zero-order chi connectivity index (χ0) is 15.4. The summed E-state index contributed by atoms with van der Waals surface area (Å²) in [4.78, 5) is 22.7. The summed E-state index contributed by atoms with van der Waals surface area (Å²) in [7, 11) is 1.36. The molecular weight excluding hydrogens is 288 g/mol. The fourth-order valence-corrected chi connectivity index (χ4v) is 3.14. The monoisotopic (exact) mass is 304 g/mol. The molecule has 0 aliphatic carbocycles. The van der Waals surface area contributed by atoms with E-state index in [-0.39, 0.29) is 12.4 Å². The predicted octanol–water partition coefficient (Wildman–Crippen LogP) is 3.32. The molecule has 1 aromatic carbocycles. The van der Waals surface area contributed by atoms with Crippen molar-refractivity contribution in [3.8, 4) is 11.1 Å². The molecule has 1 aromatic heterocycles. The molecule has 0 aliphatic rings. The van der Waals surface area contributed by atoms with Crippen molar-refractivity contribution in [2.24, 2.45) is 0 Å². The van der Waals surface area contributed by atoms with E-state index in [9.17, 15) is 9.59 Å². The Morgan fingerprint density at radius 3 is 2.62 bits per heavy atom. The summed E-state index contributed by atoms with van der Waals surface area (Å²) in [5, 5.41) is 12.7. The minimum atomic E-state index is -0.867. The minimum absolute atomic E-state index is 0.0280. The Hall–Kier alpha value is -2.14. The molecule has 0 spiro atoms. The van der Waals surface area contributed by atoms with Crippen LogP contribution in [0, 0.1) is 0 Å². The maximum atomic E-state index is 11.8. The van der Waals surface area contributed by atoms with Crippen molar-refractivity contribution < 1.29 is 19.4 Å². The molecule has 110 valence electrons. The number of aliphatic carboxylic acids is 1. The average molecular weight is 304 g/mol. The highest BCUT2D eigenvalue weighted by Gasteiger charge is 2.21. The number of rotatable bonds is 5. The molecule has 0 aliphatic heterocycles. The van der Waals surface area contributed by atoms with E-state index in [1.54, 1.807) is 6.92 Å². The van der Waals surface area contributed by atoms with Gasteiger partial charge in [-0.05, 0) is 39.9 Å². The highest BCUT2D eigenvalue weighted by molar-refractivity contribution is 7.08. The summed E-state index contributed by atoms with van der Waals surface area (Å²) in [5.41, 5.74) is 3.35. The molecule has 0 amide bonds. The number of carboxylic acids is 1. The van der Waals surface area contributed by atoms with Gasteiger partial charge in [0.2, 0.25) is 0 Å². The molecule has 0 bridgehead atoms. The summed E-state index contributed by atoms with van der Waals surface area (Å²) in [5.74, 6) is -1.57. The summed E-state index contributed by atoms with van der Waals surface area (Å²) in [6.07, 6.45) is -0.0280. The predicted molar refractivity (Wildman–Crippen MR) is 81.5 cm³/mol.